The van der Waals surface area contributed by atoms with Gasteiger partial charge in [-0.3, -0.25) is 9.59 Å². The van der Waals surface area contributed by atoms with E-state index < -0.39 is 17.9 Å². The highest BCUT2D eigenvalue weighted by Gasteiger charge is 2.29. The Morgan fingerprint density at radius 3 is 2.55 bits per heavy atom. The molecule has 0 bridgehead atoms. The standard InChI is InChI=1S/C15H14N2O5/c18-14(19)11(15(20)21)9-5-2-6-10(7-9)12-16-13(22-17-12)8-3-1-4-8/h2,5-8,11H,1,3-4H2,(H,18,19)(H,20,21). The van der Waals surface area contributed by atoms with E-state index in [1.54, 1.807) is 12.1 Å². The van der Waals surface area contributed by atoms with E-state index in [-0.39, 0.29) is 5.56 Å². The van der Waals surface area contributed by atoms with Gasteiger partial charge < -0.3 is 14.7 Å². The molecule has 0 saturated heterocycles. The fraction of sp³-hybridized carbons (Fsp3) is 0.333. The predicted molar refractivity (Wildman–Crippen MR) is 74.3 cm³/mol. The van der Waals surface area contributed by atoms with Crippen LogP contribution in [0.4, 0.5) is 0 Å². The first kappa shape index (κ1) is 14.2. The summed E-state index contributed by atoms with van der Waals surface area (Å²) in [5.74, 6) is -3.20. The van der Waals surface area contributed by atoms with Crippen molar-refractivity contribution in [3.63, 3.8) is 0 Å². The fourth-order valence-electron chi connectivity index (χ4n) is 2.42. The highest BCUT2D eigenvalue weighted by Crippen LogP contribution is 2.36. The Morgan fingerprint density at radius 1 is 1.23 bits per heavy atom. The summed E-state index contributed by atoms with van der Waals surface area (Å²) in [6.45, 7) is 0. The molecule has 2 aromatic rings. The number of aromatic nitrogens is 2. The van der Waals surface area contributed by atoms with Gasteiger partial charge in [-0.1, -0.05) is 29.8 Å². The van der Waals surface area contributed by atoms with E-state index in [0.717, 1.165) is 19.3 Å². The number of carbonyl (C=O) groups is 2. The summed E-state index contributed by atoms with van der Waals surface area (Å²) in [5.41, 5.74) is 0.715. The van der Waals surface area contributed by atoms with Gasteiger partial charge in [0.1, 0.15) is 0 Å². The van der Waals surface area contributed by atoms with Gasteiger partial charge in [0, 0.05) is 11.5 Å². The van der Waals surface area contributed by atoms with Crippen LogP contribution in [0.1, 0.15) is 42.6 Å². The fourth-order valence-corrected chi connectivity index (χ4v) is 2.42. The normalized spacial score (nSPS) is 14.8. The molecule has 0 unspecified atom stereocenters. The van der Waals surface area contributed by atoms with E-state index in [1.807, 2.05) is 0 Å². The molecule has 7 heteroatoms. The lowest BCUT2D eigenvalue weighted by atomic mass is 9.85. The van der Waals surface area contributed by atoms with Gasteiger partial charge in [-0.25, -0.2) is 0 Å². The summed E-state index contributed by atoms with van der Waals surface area (Å²) >= 11 is 0. The molecule has 0 aliphatic heterocycles. The molecule has 2 N–H and O–H groups in total. The van der Waals surface area contributed by atoms with Crippen molar-refractivity contribution in [2.75, 3.05) is 0 Å². The molecule has 1 fully saturated rings. The van der Waals surface area contributed by atoms with Crippen molar-refractivity contribution >= 4 is 11.9 Å². The van der Waals surface area contributed by atoms with Gasteiger partial charge in [-0.2, -0.15) is 4.98 Å². The van der Waals surface area contributed by atoms with Crippen LogP contribution in [0.2, 0.25) is 0 Å². The van der Waals surface area contributed by atoms with Gasteiger partial charge in [-0.15, -0.1) is 0 Å². The smallest absolute Gasteiger partial charge is 0.322 e. The zero-order chi connectivity index (χ0) is 15.7. The van der Waals surface area contributed by atoms with Crippen LogP contribution < -0.4 is 0 Å². The van der Waals surface area contributed by atoms with Crippen molar-refractivity contribution in [3.8, 4) is 11.4 Å². The maximum Gasteiger partial charge on any atom is 0.322 e. The predicted octanol–water partition coefficient (Wildman–Crippen LogP) is 2.26. The average Bonchev–Trinajstić information content (AvgIpc) is 2.85. The van der Waals surface area contributed by atoms with Crippen LogP contribution in [-0.2, 0) is 9.59 Å². The molecule has 1 aliphatic rings. The van der Waals surface area contributed by atoms with Crippen LogP contribution in [0.3, 0.4) is 0 Å². The van der Waals surface area contributed by atoms with Crippen molar-refractivity contribution in [1.82, 2.24) is 10.1 Å². The number of nitrogens with zero attached hydrogens (tertiary/aromatic N) is 2. The van der Waals surface area contributed by atoms with Crippen LogP contribution in [0.25, 0.3) is 11.4 Å². The molecule has 1 aliphatic carbocycles. The third kappa shape index (κ3) is 2.57. The van der Waals surface area contributed by atoms with Crippen molar-refractivity contribution in [2.45, 2.75) is 31.1 Å². The van der Waals surface area contributed by atoms with Crippen LogP contribution in [0.5, 0.6) is 0 Å². The molecule has 114 valence electrons. The minimum atomic E-state index is -1.61. The number of hydrogen-bond donors (Lipinski definition) is 2. The number of hydrogen-bond acceptors (Lipinski definition) is 5. The van der Waals surface area contributed by atoms with Crippen molar-refractivity contribution in [2.24, 2.45) is 0 Å². The third-order valence-corrected chi connectivity index (χ3v) is 3.87. The monoisotopic (exact) mass is 302 g/mol. The maximum absolute atomic E-state index is 11.1. The number of benzene rings is 1. The van der Waals surface area contributed by atoms with Crippen molar-refractivity contribution in [1.29, 1.82) is 0 Å². The van der Waals surface area contributed by atoms with E-state index in [0.29, 0.717) is 23.2 Å². The Balaban J connectivity index is 1.91. The highest BCUT2D eigenvalue weighted by molar-refractivity contribution is 5.99. The molecular weight excluding hydrogens is 288 g/mol. The minimum Gasteiger partial charge on any atom is -0.480 e. The third-order valence-electron chi connectivity index (χ3n) is 3.87. The number of rotatable bonds is 5. The lowest BCUT2D eigenvalue weighted by molar-refractivity contribution is -0.150. The van der Waals surface area contributed by atoms with Crippen LogP contribution in [0.15, 0.2) is 28.8 Å². The Hall–Kier alpha value is -2.70. The first-order valence-corrected chi connectivity index (χ1v) is 6.96. The molecule has 1 aromatic carbocycles. The average molecular weight is 302 g/mol. The van der Waals surface area contributed by atoms with Gasteiger partial charge in [0.2, 0.25) is 11.7 Å². The summed E-state index contributed by atoms with van der Waals surface area (Å²) in [7, 11) is 0. The second kappa shape index (κ2) is 5.59. The van der Waals surface area contributed by atoms with Crippen LogP contribution in [-0.4, -0.2) is 32.3 Å². The Bertz CT molecular complexity index is 706. The number of carboxylic acids is 2. The summed E-state index contributed by atoms with van der Waals surface area (Å²) in [5, 5.41) is 22.0. The van der Waals surface area contributed by atoms with Crippen LogP contribution >= 0.6 is 0 Å². The molecule has 1 aromatic heterocycles. The largest absolute Gasteiger partial charge is 0.480 e. The lowest BCUT2D eigenvalue weighted by Gasteiger charge is -2.20. The topological polar surface area (TPSA) is 114 Å². The molecular formula is C15H14N2O5. The minimum absolute atomic E-state index is 0.174. The quantitative estimate of drug-likeness (QED) is 0.814. The number of aliphatic carboxylic acids is 2. The Kier molecular flexibility index (Phi) is 3.62. The molecule has 0 amide bonds. The Morgan fingerprint density at radius 2 is 1.95 bits per heavy atom. The van der Waals surface area contributed by atoms with Gasteiger partial charge in [0.25, 0.3) is 0 Å². The van der Waals surface area contributed by atoms with E-state index in [4.69, 9.17) is 14.7 Å². The summed E-state index contributed by atoms with van der Waals surface area (Å²) in [4.78, 5) is 26.5. The molecule has 22 heavy (non-hydrogen) atoms. The molecule has 3 rings (SSSR count). The summed E-state index contributed by atoms with van der Waals surface area (Å²) < 4.78 is 5.22. The first-order valence-electron chi connectivity index (χ1n) is 6.96. The van der Waals surface area contributed by atoms with E-state index in [9.17, 15) is 9.59 Å². The number of carboxylic acid groups (broad SMARTS) is 2. The zero-order valence-electron chi connectivity index (χ0n) is 11.6. The van der Waals surface area contributed by atoms with Gasteiger partial charge >= 0.3 is 11.9 Å². The SMILES string of the molecule is O=C(O)C(C(=O)O)c1cccc(-c2noc(C3CCC3)n2)c1. The second-order valence-corrected chi connectivity index (χ2v) is 5.32. The molecule has 0 radical (unpaired) electrons. The van der Waals surface area contributed by atoms with E-state index in [2.05, 4.69) is 10.1 Å². The maximum atomic E-state index is 11.1. The highest BCUT2D eigenvalue weighted by atomic mass is 16.5. The second-order valence-electron chi connectivity index (χ2n) is 5.32. The van der Waals surface area contributed by atoms with E-state index >= 15 is 0 Å². The lowest BCUT2D eigenvalue weighted by Crippen LogP contribution is -2.21. The van der Waals surface area contributed by atoms with Gasteiger partial charge in [-0.05, 0) is 24.5 Å². The zero-order valence-corrected chi connectivity index (χ0v) is 11.6. The molecule has 7 nitrogen and oxygen atoms in total. The first-order chi connectivity index (χ1) is 10.6. The van der Waals surface area contributed by atoms with E-state index in [1.165, 1.54) is 12.1 Å². The summed E-state index contributed by atoms with van der Waals surface area (Å²) in [6.07, 6.45) is 3.21. The van der Waals surface area contributed by atoms with Crippen LogP contribution in [0, 0.1) is 0 Å². The van der Waals surface area contributed by atoms with Crippen molar-refractivity contribution < 1.29 is 24.3 Å². The summed E-state index contributed by atoms with van der Waals surface area (Å²) in [6, 6.07) is 6.22. The molecule has 0 spiro atoms. The molecule has 1 heterocycles. The molecule has 0 atom stereocenters. The Labute approximate surface area is 125 Å². The van der Waals surface area contributed by atoms with Gasteiger partial charge in [0.15, 0.2) is 5.92 Å². The molecule has 1 saturated carbocycles. The van der Waals surface area contributed by atoms with Crippen molar-refractivity contribution in [3.05, 3.63) is 35.7 Å². The van der Waals surface area contributed by atoms with Gasteiger partial charge in [0.05, 0.1) is 0 Å².